The van der Waals surface area contributed by atoms with Crippen molar-refractivity contribution < 1.29 is 9.53 Å². The second kappa shape index (κ2) is 4.76. The largest absolute Gasteiger partial charge is 0.381 e. The first kappa shape index (κ1) is 12.3. The van der Waals surface area contributed by atoms with Gasteiger partial charge in [-0.15, -0.1) is 0 Å². The fourth-order valence-electron chi connectivity index (χ4n) is 2.58. The number of hydrogen-bond donors (Lipinski definition) is 1. The Bertz CT molecular complexity index is 615. The molecule has 0 unspecified atom stereocenters. The summed E-state index contributed by atoms with van der Waals surface area (Å²) in [5, 5.41) is 2.21. The summed E-state index contributed by atoms with van der Waals surface area (Å²) in [6.45, 7) is 1.13. The number of carbonyl (C=O) groups excluding carboxylic acids is 1. The fraction of sp³-hybridized carbons (Fsp3) is 0.312. The predicted octanol–water partition coefficient (Wildman–Crippen LogP) is 2.53. The smallest absolute Gasteiger partial charge is 0.182 e. The van der Waals surface area contributed by atoms with Gasteiger partial charge in [-0.3, -0.25) is 4.79 Å². The maximum Gasteiger partial charge on any atom is 0.182 e. The minimum atomic E-state index is -0.763. The summed E-state index contributed by atoms with van der Waals surface area (Å²) >= 11 is 0. The van der Waals surface area contributed by atoms with Crippen molar-refractivity contribution in [1.29, 1.82) is 0 Å². The number of benzene rings is 2. The third kappa shape index (κ3) is 2.27. The number of ketones is 1. The SMILES string of the molecule is NC1(C(=O)c2ccc3ccccc3c2)CCOCC1. The van der Waals surface area contributed by atoms with E-state index < -0.39 is 5.54 Å². The Hall–Kier alpha value is -1.71. The van der Waals surface area contributed by atoms with Gasteiger partial charge in [-0.1, -0.05) is 36.4 Å². The molecule has 1 fully saturated rings. The molecule has 0 amide bonds. The second-order valence-electron chi connectivity index (χ2n) is 5.16. The average molecular weight is 255 g/mol. The molecule has 3 heteroatoms. The van der Waals surface area contributed by atoms with Crippen LogP contribution in [0.25, 0.3) is 10.8 Å². The van der Waals surface area contributed by atoms with Gasteiger partial charge in [-0.05, 0) is 29.7 Å². The molecule has 1 saturated heterocycles. The normalized spacial score (nSPS) is 18.4. The quantitative estimate of drug-likeness (QED) is 0.839. The topological polar surface area (TPSA) is 52.3 Å². The van der Waals surface area contributed by atoms with E-state index in [1.807, 2.05) is 42.5 Å². The third-order valence-electron chi connectivity index (χ3n) is 3.85. The first-order valence-electron chi connectivity index (χ1n) is 6.59. The van der Waals surface area contributed by atoms with Crippen LogP contribution in [0, 0.1) is 0 Å². The molecule has 19 heavy (non-hydrogen) atoms. The summed E-state index contributed by atoms with van der Waals surface area (Å²) in [6.07, 6.45) is 1.19. The van der Waals surface area contributed by atoms with Crippen LogP contribution in [0.2, 0.25) is 0 Å². The Morgan fingerprint density at radius 3 is 2.47 bits per heavy atom. The van der Waals surface area contributed by atoms with E-state index in [0.29, 0.717) is 31.6 Å². The van der Waals surface area contributed by atoms with Crippen LogP contribution in [0.5, 0.6) is 0 Å². The molecule has 0 aromatic heterocycles. The van der Waals surface area contributed by atoms with E-state index in [2.05, 4.69) is 0 Å². The number of rotatable bonds is 2. The summed E-state index contributed by atoms with van der Waals surface area (Å²) < 4.78 is 5.29. The van der Waals surface area contributed by atoms with E-state index in [1.54, 1.807) is 0 Å². The molecule has 3 rings (SSSR count). The van der Waals surface area contributed by atoms with Crippen molar-refractivity contribution in [3.8, 4) is 0 Å². The lowest BCUT2D eigenvalue weighted by Gasteiger charge is -2.31. The molecule has 3 nitrogen and oxygen atoms in total. The van der Waals surface area contributed by atoms with Crippen LogP contribution >= 0.6 is 0 Å². The van der Waals surface area contributed by atoms with Gasteiger partial charge in [0.05, 0.1) is 5.54 Å². The lowest BCUT2D eigenvalue weighted by molar-refractivity contribution is 0.0448. The van der Waals surface area contributed by atoms with Gasteiger partial charge in [-0.25, -0.2) is 0 Å². The Labute approximate surface area is 112 Å². The highest BCUT2D eigenvalue weighted by Gasteiger charge is 2.36. The van der Waals surface area contributed by atoms with Crippen molar-refractivity contribution in [3.63, 3.8) is 0 Å². The van der Waals surface area contributed by atoms with Crippen LogP contribution in [-0.2, 0) is 4.74 Å². The molecule has 1 heterocycles. The summed E-state index contributed by atoms with van der Waals surface area (Å²) in [6, 6.07) is 13.8. The van der Waals surface area contributed by atoms with Crippen molar-refractivity contribution in [1.82, 2.24) is 0 Å². The maximum atomic E-state index is 12.6. The number of fused-ring (bicyclic) bond motifs is 1. The van der Waals surface area contributed by atoms with Gasteiger partial charge >= 0.3 is 0 Å². The highest BCUT2D eigenvalue weighted by atomic mass is 16.5. The zero-order valence-corrected chi connectivity index (χ0v) is 10.8. The number of hydrogen-bond acceptors (Lipinski definition) is 3. The van der Waals surface area contributed by atoms with Crippen molar-refractivity contribution in [3.05, 3.63) is 48.0 Å². The molecule has 0 saturated carbocycles. The van der Waals surface area contributed by atoms with E-state index in [1.165, 1.54) is 0 Å². The van der Waals surface area contributed by atoms with Crippen molar-refractivity contribution in [2.45, 2.75) is 18.4 Å². The van der Waals surface area contributed by atoms with Gasteiger partial charge < -0.3 is 10.5 Å². The van der Waals surface area contributed by atoms with Gasteiger partial charge in [0.2, 0.25) is 0 Å². The van der Waals surface area contributed by atoms with Crippen LogP contribution in [0.4, 0.5) is 0 Å². The Morgan fingerprint density at radius 1 is 1.05 bits per heavy atom. The molecule has 2 aromatic rings. The molecule has 0 atom stereocenters. The molecule has 98 valence electrons. The highest BCUT2D eigenvalue weighted by molar-refractivity contribution is 6.05. The van der Waals surface area contributed by atoms with Crippen molar-refractivity contribution >= 4 is 16.6 Å². The zero-order valence-electron chi connectivity index (χ0n) is 10.8. The van der Waals surface area contributed by atoms with E-state index in [4.69, 9.17) is 10.5 Å². The van der Waals surface area contributed by atoms with E-state index in [0.717, 1.165) is 10.8 Å². The summed E-state index contributed by atoms with van der Waals surface area (Å²) in [5.41, 5.74) is 6.18. The summed E-state index contributed by atoms with van der Waals surface area (Å²) in [4.78, 5) is 12.6. The molecule has 2 N–H and O–H groups in total. The molecular weight excluding hydrogens is 238 g/mol. The summed E-state index contributed by atoms with van der Waals surface area (Å²) in [7, 11) is 0. The molecule has 1 aliphatic rings. The molecule has 0 aliphatic carbocycles. The monoisotopic (exact) mass is 255 g/mol. The van der Waals surface area contributed by atoms with Gasteiger partial charge in [0.25, 0.3) is 0 Å². The Morgan fingerprint density at radius 2 is 1.74 bits per heavy atom. The molecular formula is C16H17NO2. The number of Topliss-reactive ketones (excluding diaryl/α,β-unsaturated/α-hetero) is 1. The van der Waals surface area contributed by atoms with Crippen LogP contribution in [0.15, 0.2) is 42.5 Å². The van der Waals surface area contributed by atoms with E-state index in [9.17, 15) is 4.79 Å². The molecule has 2 aromatic carbocycles. The van der Waals surface area contributed by atoms with Crippen LogP contribution < -0.4 is 5.73 Å². The fourth-order valence-corrected chi connectivity index (χ4v) is 2.58. The molecule has 0 bridgehead atoms. The highest BCUT2D eigenvalue weighted by Crippen LogP contribution is 2.24. The lowest BCUT2D eigenvalue weighted by atomic mass is 9.83. The summed E-state index contributed by atoms with van der Waals surface area (Å²) in [5.74, 6) is 0.0292. The van der Waals surface area contributed by atoms with Gasteiger partial charge in [0, 0.05) is 18.8 Å². The molecule has 1 aliphatic heterocycles. The minimum Gasteiger partial charge on any atom is -0.381 e. The van der Waals surface area contributed by atoms with E-state index in [-0.39, 0.29) is 5.78 Å². The van der Waals surface area contributed by atoms with E-state index >= 15 is 0 Å². The van der Waals surface area contributed by atoms with Crippen molar-refractivity contribution in [2.24, 2.45) is 5.73 Å². The first-order valence-corrected chi connectivity index (χ1v) is 6.59. The predicted molar refractivity (Wildman–Crippen MR) is 75.2 cm³/mol. The third-order valence-corrected chi connectivity index (χ3v) is 3.85. The Balaban J connectivity index is 1.97. The van der Waals surface area contributed by atoms with Gasteiger partial charge in [0.15, 0.2) is 5.78 Å². The minimum absolute atomic E-state index is 0.0292. The van der Waals surface area contributed by atoms with Crippen LogP contribution in [0.1, 0.15) is 23.2 Å². The van der Waals surface area contributed by atoms with Gasteiger partial charge in [-0.2, -0.15) is 0 Å². The first-order chi connectivity index (χ1) is 9.19. The number of nitrogens with two attached hydrogens (primary N) is 1. The molecule has 0 spiro atoms. The lowest BCUT2D eigenvalue weighted by Crippen LogP contribution is -2.51. The van der Waals surface area contributed by atoms with Crippen LogP contribution in [-0.4, -0.2) is 24.5 Å². The molecule has 0 radical (unpaired) electrons. The Kier molecular flexibility index (Phi) is 3.09. The zero-order chi connectivity index (χ0) is 13.3. The average Bonchev–Trinajstić information content (AvgIpc) is 2.47. The van der Waals surface area contributed by atoms with Crippen LogP contribution in [0.3, 0.4) is 0 Å². The standard InChI is InChI=1S/C16H17NO2/c17-16(7-9-19-10-8-16)15(18)14-6-5-12-3-1-2-4-13(12)11-14/h1-6,11H,7-10,17H2. The van der Waals surface area contributed by atoms with Gasteiger partial charge in [0.1, 0.15) is 0 Å². The maximum absolute atomic E-state index is 12.6. The number of carbonyl (C=O) groups is 1. The van der Waals surface area contributed by atoms with Crippen molar-refractivity contribution in [2.75, 3.05) is 13.2 Å². The second-order valence-corrected chi connectivity index (χ2v) is 5.16. The number of ether oxygens (including phenoxy) is 1.